The zero-order valence-corrected chi connectivity index (χ0v) is 12.2. The molecular formula is C14H8Cl2F3NO2. The van der Waals surface area contributed by atoms with Crippen molar-refractivity contribution in [3.05, 3.63) is 57.6 Å². The van der Waals surface area contributed by atoms with Gasteiger partial charge in [-0.2, -0.15) is 13.2 Å². The Balaban J connectivity index is 2.30. The molecule has 0 saturated heterocycles. The van der Waals surface area contributed by atoms with Crippen molar-refractivity contribution in [2.24, 2.45) is 5.16 Å². The zero-order chi connectivity index (χ0) is 16.3. The van der Waals surface area contributed by atoms with Crippen LogP contribution in [0.15, 0.2) is 41.6 Å². The number of halogens is 5. The van der Waals surface area contributed by atoms with Crippen LogP contribution in [0.1, 0.15) is 11.1 Å². The lowest BCUT2D eigenvalue weighted by Crippen LogP contribution is -2.04. The van der Waals surface area contributed by atoms with Gasteiger partial charge in [0.25, 0.3) is 0 Å². The number of rotatable bonds is 3. The van der Waals surface area contributed by atoms with Crippen LogP contribution in [0.4, 0.5) is 13.2 Å². The monoisotopic (exact) mass is 349 g/mol. The molecule has 0 unspecified atom stereocenters. The fourth-order valence-electron chi connectivity index (χ4n) is 1.63. The van der Waals surface area contributed by atoms with Gasteiger partial charge in [-0.05, 0) is 36.4 Å². The van der Waals surface area contributed by atoms with Crippen LogP contribution in [0.5, 0.6) is 11.5 Å². The first-order valence-electron chi connectivity index (χ1n) is 5.83. The van der Waals surface area contributed by atoms with Gasteiger partial charge < -0.3 is 9.94 Å². The molecule has 0 aliphatic carbocycles. The molecule has 8 heteroatoms. The summed E-state index contributed by atoms with van der Waals surface area (Å²) in [5.74, 6) is 0.338. The Labute approximate surface area is 133 Å². The summed E-state index contributed by atoms with van der Waals surface area (Å²) in [5, 5.41) is 11.5. The van der Waals surface area contributed by atoms with Gasteiger partial charge in [0, 0.05) is 10.6 Å². The van der Waals surface area contributed by atoms with Gasteiger partial charge in [0.05, 0.1) is 16.8 Å². The molecule has 2 aromatic rings. The molecule has 0 aromatic heterocycles. The summed E-state index contributed by atoms with van der Waals surface area (Å²) in [7, 11) is 0. The molecule has 0 aliphatic heterocycles. The molecule has 0 bridgehead atoms. The van der Waals surface area contributed by atoms with E-state index >= 15 is 0 Å². The van der Waals surface area contributed by atoms with Crippen LogP contribution < -0.4 is 4.74 Å². The zero-order valence-electron chi connectivity index (χ0n) is 10.7. The van der Waals surface area contributed by atoms with E-state index in [4.69, 9.17) is 33.1 Å². The summed E-state index contributed by atoms with van der Waals surface area (Å²) < 4.78 is 43.1. The fourth-order valence-corrected chi connectivity index (χ4v) is 2.02. The first-order valence-corrected chi connectivity index (χ1v) is 6.58. The van der Waals surface area contributed by atoms with Crippen molar-refractivity contribution in [2.45, 2.75) is 6.18 Å². The van der Waals surface area contributed by atoms with Gasteiger partial charge in [-0.3, -0.25) is 0 Å². The second-order valence-corrected chi connectivity index (χ2v) is 4.99. The summed E-state index contributed by atoms with van der Waals surface area (Å²) in [6.45, 7) is 0. The molecule has 0 saturated carbocycles. The smallest absolute Gasteiger partial charge is 0.416 e. The summed E-state index contributed by atoms with van der Waals surface area (Å²) in [5.41, 5.74) is -0.487. The van der Waals surface area contributed by atoms with E-state index in [0.29, 0.717) is 10.6 Å². The van der Waals surface area contributed by atoms with Gasteiger partial charge in [-0.25, -0.2) is 0 Å². The van der Waals surface area contributed by atoms with Crippen molar-refractivity contribution in [1.29, 1.82) is 0 Å². The van der Waals surface area contributed by atoms with E-state index in [1.807, 2.05) is 0 Å². The van der Waals surface area contributed by atoms with Gasteiger partial charge in [0.2, 0.25) is 0 Å². The first-order chi connectivity index (χ1) is 10.3. The molecule has 2 aromatic carbocycles. The third-order valence-corrected chi connectivity index (χ3v) is 3.29. The van der Waals surface area contributed by atoms with E-state index in [-0.39, 0.29) is 16.5 Å². The number of oxime groups is 1. The predicted molar refractivity (Wildman–Crippen MR) is 77.4 cm³/mol. The largest absolute Gasteiger partial charge is 0.456 e. The van der Waals surface area contributed by atoms with E-state index in [0.717, 1.165) is 24.4 Å². The molecule has 0 aliphatic rings. The van der Waals surface area contributed by atoms with Gasteiger partial charge in [-0.1, -0.05) is 28.4 Å². The standard InChI is InChI=1S/C14H8Cl2F3NO2/c15-11-3-2-10(5-8(11)7-20-21)22-13-4-1-9(6-12(13)16)14(17,18)19/h1-7,21H/b20-7-. The van der Waals surface area contributed by atoms with Gasteiger partial charge in [0.15, 0.2) is 0 Å². The SMILES string of the molecule is O/N=C\c1cc(Oc2ccc(C(F)(F)F)cc2Cl)ccc1Cl. The van der Waals surface area contributed by atoms with Crippen molar-refractivity contribution in [1.82, 2.24) is 0 Å². The van der Waals surface area contributed by atoms with Gasteiger partial charge in [0.1, 0.15) is 11.5 Å². The Hall–Kier alpha value is -1.92. The van der Waals surface area contributed by atoms with Gasteiger partial charge in [-0.15, -0.1) is 0 Å². The maximum atomic E-state index is 12.6. The lowest BCUT2D eigenvalue weighted by atomic mass is 10.2. The Morgan fingerprint density at radius 2 is 1.77 bits per heavy atom. The number of benzene rings is 2. The van der Waals surface area contributed by atoms with E-state index in [1.165, 1.54) is 18.2 Å². The molecule has 0 radical (unpaired) electrons. The van der Waals surface area contributed by atoms with Crippen molar-refractivity contribution in [3.63, 3.8) is 0 Å². The number of alkyl halides is 3. The molecule has 0 fully saturated rings. The summed E-state index contributed by atoms with van der Waals surface area (Å²) >= 11 is 11.7. The number of nitrogens with zero attached hydrogens (tertiary/aromatic N) is 1. The Bertz CT molecular complexity index is 718. The van der Waals surface area contributed by atoms with Crippen molar-refractivity contribution in [2.75, 3.05) is 0 Å². The van der Waals surface area contributed by atoms with Crippen LogP contribution in [0, 0.1) is 0 Å². The Morgan fingerprint density at radius 1 is 1.05 bits per heavy atom. The number of ether oxygens (including phenoxy) is 1. The average molecular weight is 350 g/mol. The van der Waals surface area contributed by atoms with Crippen LogP contribution in [0.2, 0.25) is 10.0 Å². The minimum atomic E-state index is -4.48. The average Bonchev–Trinajstić information content (AvgIpc) is 2.44. The molecule has 3 nitrogen and oxygen atoms in total. The highest BCUT2D eigenvalue weighted by atomic mass is 35.5. The third kappa shape index (κ3) is 3.84. The molecule has 2 rings (SSSR count). The number of hydrogen-bond acceptors (Lipinski definition) is 3. The highest BCUT2D eigenvalue weighted by Gasteiger charge is 2.31. The van der Waals surface area contributed by atoms with Crippen LogP contribution in [0.3, 0.4) is 0 Å². The van der Waals surface area contributed by atoms with E-state index in [9.17, 15) is 13.2 Å². The highest BCUT2D eigenvalue weighted by molar-refractivity contribution is 6.33. The minimum absolute atomic E-state index is 0.0591. The fraction of sp³-hybridized carbons (Fsp3) is 0.0714. The molecule has 1 N–H and O–H groups in total. The van der Waals surface area contributed by atoms with E-state index < -0.39 is 11.7 Å². The van der Waals surface area contributed by atoms with Crippen LogP contribution in [0.25, 0.3) is 0 Å². The second-order valence-electron chi connectivity index (χ2n) is 4.17. The summed E-state index contributed by atoms with van der Waals surface area (Å²) in [4.78, 5) is 0. The quantitative estimate of drug-likeness (QED) is 0.444. The molecule has 0 heterocycles. The molecule has 0 spiro atoms. The Morgan fingerprint density at radius 3 is 2.36 bits per heavy atom. The highest BCUT2D eigenvalue weighted by Crippen LogP contribution is 2.36. The normalized spacial score (nSPS) is 11.9. The van der Waals surface area contributed by atoms with Crippen LogP contribution in [-0.2, 0) is 6.18 Å². The molecule has 116 valence electrons. The maximum Gasteiger partial charge on any atom is 0.416 e. The molecular weight excluding hydrogens is 342 g/mol. The molecule has 0 amide bonds. The van der Waals surface area contributed by atoms with E-state index in [1.54, 1.807) is 0 Å². The lowest BCUT2D eigenvalue weighted by molar-refractivity contribution is -0.137. The predicted octanol–water partition coefficient (Wildman–Crippen LogP) is 5.61. The maximum absolute atomic E-state index is 12.6. The Kier molecular flexibility index (Phi) is 4.83. The molecule has 0 atom stereocenters. The van der Waals surface area contributed by atoms with Gasteiger partial charge >= 0.3 is 6.18 Å². The topological polar surface area (TPSA) is 41.8 Å². The van der Waals surface area contributed by atoms with Crippen LogP contribution >= 0.6 is 23.2 Å². The molecule has 22 heavy (non-hydrogen) atoms. The second kappa shape index (κ2) is 6.46. The van der Waals surface area contributed by atoms with E-state index in [2.05, 4.69) is 5.16 Å². The lowest BCUT2D eigenvalue weighted by Gasteiger charge is -2.11. The first kappa shape index (κ1) is 16.5. The van der Waals surface area contributed by atoms with Crippen molar-refractivity contribution < 1.29 is 23.1 Å². The number of hydrogen-bond donors (Lipinski definition) is 1. The van der Waals surface area contributed by atoms with Crippen molar-refractivity contribution in [3.8, 4) is 11.5 Å². The van der Waals surface area contributed by atoms with Crippen molar-refractivity contribution >= 4 is 29.4 Å². The van der Waals surface area contributed by atoms with Crippen LogP contribution in [-0.4, -0.2) is 11.4 Å². The summed E-state index contributed by atoms with van der Waals surface area (Å²) in [6, 6.07) is 7.22. The third-order valence-electron chi connectivity index (χ3n) is 2.65. The minimum Gasteiger partial charge on any atom is -0.456 e. The summed E-state index contributed by atoms with van der Waals surface area (Å²) in [6.07, 6.45) is -3.38.